The van der Waals surface area contributed by atoms with Crippen molar-refractivity contribution in [2.75, 3.05) is 5.32 Å². The maximum atomic E-state index is 6.24. The normalized spacial score (nSPS) is 10.7. The Morgan fingerprint density at radius 1 is 1.32 bits per heavy atom. The van der Waals surface area contributed by atoms with E-state index < -0.39 is 0 Å². The lowest BCUT2D eigenvalue weighted by Gasteiger charge is -2.12. The summed E-state index contributed by atoms with van der Waals surface area (Å²) in [6, 6.07) is 5.89. The van der Waals surface area contributed by atoms with E-state index in [-0.39, 0.29) is 0 Å². The number of benzene rings is 1. The molecule has 0 saturated carbocycles. The summed E-state index contributed by atoms with van der Waals surface area (Å²) in [5.74, 6) is 0.863. The van der Waals surface area contributed by atoms with Crippen LogP contribution < -0.4 is 5.32 Å². The van der Waals surface area contributed by atoms with Gasteiger partial charge in [-0.1, -0.05) is 37.1 Å². The van der Waals surface area contributed by atoms with E-state index >= 15 is 0 Å². The van der Waals surface area contributed by atoms with E-state index in [1.165, 1.54) is 6.42 Å². The van der Waals surface area contributed by atoms with Crippen LogP contribution in [-0.2, 0) is 6.54 Å². The summed E-state index contributed by atoms with van der Waals surface area (Å²) < 4.78 is 2.15. The number of rotatable bonds is 5. The average Bonchev–Trinajstić information content (AvgIpc) is 2.72. The van der Waals surface area contributed by atoms with Gasteiger partial charge in [-0.3, -0.25) is 0 Å². The summed E-state index contributed by atoms with van der Waals surface area (Å²) in [6.07, 6.45) is 4.39. The topological polar surface area (TPSA) is 29.9 Å². The SMILES string of the molecule is CCCCn1cc(C)nc1Nc1c(C)cccc1Cl. The van der Waals surface area contributed by atoms with Gasteiger partial charge in [0.1, 0.15) is 0 Å². The summed E-state index contributed by atoms with van der Waals surface area (Å²) >= 11 is 6.24. The molecule has 1 aromatic carbocycles. The summed E-state index contributed by atoms with van der Waals surface area (Å²) in [7, 11) is 0. The Kier molecular flexibility index (Phi) is 4.48. The zero-order chi connectivity index (χ0) is 13.8. The molecule has 102 valence electrons. The second-order valence-corrected chi connectivity index (χ2v) is 5.22. The summed E-state index contributed by atoms with van der Waals surface area (Å²) in [5.41, 5.74) is 3.08. The second kappa shape index (κ2) is 6.11. The molecule has 0 aliphatic rings. The number of aryl methyl sites for hydroxylation is 3. The number of nitrogens with one attached hydrogen (secondary N) is 1. The molecule has 0 amide bonds. The first-order valence-corrected chi connectivity index (χ1v) is 7.05. The Labute approximate surface area is 119 Å². The molecule has 0 aliphatic carbocycles. The number of hydrogen-bond acceptors (Lipinski definition) is 2. The van der Waals surface area contributed by atoms with Crippen molar-refractivity contribution >= 4 is 23.2 Å². The largest absolute Gasteiger partial charge is 0.324 e. The first-order chi connectivity index (χ1) is 9.11. The molecule has 0 bridgehead atoms. The van der Waals surface area contributed by atoms with Crippen LogP contribution in [0.25, 0.3) is 0 Å². The molecular weight excluding hydrogens is 258 g/mol. The number of unbranched alkanes of at least 4 members (excludes halogenated alkanes) is 1. The lowest BCUT2D eigenvalue weighted by Crippen LogP contribution is -2.04. The van der Waals surface area contributed by atoms with E-state index in [1.807, 2.05) is 32.0 Å². The Balaban J connectivity index is 2.27. The van der Waals surface area contributed by atoms with E-state index in [1.54, 1.807) is 0 Å². The first-order valence-electron chi connectivity index (χ1n) is 6.67. The van der Waals surface area contributed by atoms with Crippen LogP contribution in [0.15, 0.2) is 24.4 Å². The van der Waals surface area contributed by atoms with Gasteiger partial charge >= 0.3 is 0 Å². The van der Waals surface area contributed by atoms with E-state index in [0.717, 1.165) is 40.9 Å². The number of aromatic nitrogens is 2. The highest BCUT2D eigenvalue weighted by Crippen LogP contribution is 2.28. The highest BCUT2D eigenvalue weighted by molar-refractivity contribution is 6.33. The predicted molar refractivity (Wildman–Crippen MR) is 81.3 cm³/mol. The van der Waals surface area contributed by atoms with Crippen LogP contribution in [0.3, 0.4) is 0 Å². The third kappa shape index (κ3) is 3.29. The van der Waals surface area contributed by atoms with Crippen LogP contribution in [0.4, 0.5) is 11.6 Å². The maximum Gasteiger partial charge on any atom is 0.207 e. The van der Waals surface area contributed by atoms with Crippen molar-refractivity contribution in [3.05, 3.63) is 40.7 Å². The van der Waals surface area contributed by atoms with Gasteiger partial charge in [-0.25, -0.2) is 4.98 Å². The number of para-hydroxylation sites is 1. The minimum absolute atomic E-state index is 0.725. The van der Waals surface area contributed by atoms with Crippen LogP contribution in [-0.4, -0.2) is 9.55 Å². The molecule has 0 unspecified atom stereocenters. The molecule has 19 heavy (non-hydrogen) atoms. The number of halogens is 1. The molecular formula is C15H20ClN3. The fourth-order valence-corrected chi connectivity index (χ4v) is 2.32. The molecule has 1 aromatic heterocycles. The fourth-order valence-electron chi connectivity index (χ4n) is 2.05. The average molecular weight is 278 g/mol. The molecule has 3 nitrogen and oxygen atoms in total. The Morgan fingerprint density at radius 3 is 2.79 bits per heavy atom. The predicted octanol–water partition coefficient (Wildman–Crippen LogP) is 4.70. The standard InChI is InChI=1S/C15H20ClN3/c1-4-5-9-19-10-12(3)17-15(19)18-14-11(2)7-6-8-13(14)16/h6-8,10H,4-5,9H2,1-3H3,(H,17,18). The van der Waals surface area contributed by atoms with Crippen LogP contribution in [0, 0.1) is 13.8 Å². The lowest BCUT2D eigenvalue weighted by atomic mass is 10.2. The van der Waals surface area contributed by atoms with Gasteiger partial charge in [0.15, 0.2) is 0 Å². The Hall–Kier alpha value is -1.48. The van der Waals surface area contributed by atoms with Gasteiger partial charge < -0.3 is 9.88 Å². The minimum atomic E-state index is 0.725. The monoisotopic (exact) mass is 277 g/mol. The maximum absolute atomic E-state index is 6.24. The fraction of sp³-hybridized carbons (Fsp3) is 0.400. The lowest BCUT2D eigenvalue weighted by molar-refractivity contribution is 0.637. The van der Waals surface area contributed by atoms with Gasteiger partial charge in [0, 0.05) is 12.7 Å². The van der Waals surface area contributed by atoms with Gasteiger partial charge in [-0.15, -0.1) is 0 Å². The number of nitrogens with zero attached hydrogens (tertiary/aromatic N) is 2. The van der Waals surface area contributed by atoms with Gasteiger partial charge in [0.25, 0.3) is 0 Å². The molecule has 1 N–H and O–H groups in total. The van der Waals surface area contributed by atoms with Gasteiger partial charge in [-0.2, -0.15) is 0 Å². The molecule has 4 heteroatoms. The van der Waals surface area contributed by atoms with Crippen molar-refractivity contribution in [1.82, 2.24) is 9.55 Å². The smallest absolute Gasteiger partial charge is 0.207 e. The summed E-state index contributed by atoms with van der Waals surface area (Å²) in [5, 5.41) is 4.08. The van der Waals surface area contributed by atoms with Crippen LogP contribution >= 0.6 is 11.6 Å². The van der Waals surface area contributed by atoms with Crippen LogP contribution in [0.1, 0.15) is 31.0 Å². The molecule has 0 fully saturated rings. The molecule has 1 heterocycles. The van der Waals surface area contributed by atoms with Crippen LogP contribution in [0.2, 0.25) is 5.02 Å². The molecule has 0 spiro atoms. The molecule has 0 saturated heterocycles. The number of hydrogen-bond donors (Lipinski definition) is 1. The van der Waals surface area contributed by atoms with Crippen LogP contribution in [0.5, 0.6) is 0 Å². The van der Waals surface area contributed by atoms with E-state index in [9.17, 15) is 0 Å². The zero-order valence-corrected chi connectivity index (χ0v) is 12.5. The molecule has 0 radical (unpaired) electrons. The van der Waals surface area contributed by atoms with Crippen molar-refractivity contribution in [1.29, 1.82) is 0 Å². The van der Waals surface area contributed by atoms with Gasteiger partial charge in [-0.05, 0) is 31.9 Å². The Bertz CT molecular complexity index is 540. The molecule has 2 rings (SSSR count). The molecule has 0 aliphatic heterocycles. The molecule has 2 aromatic rings. The van der Waals surface area contributed by atoms with E-state index in [2.05, 4.69) is 28.0 Å². The van der Waals surface area contributed by atoms with Crippen molar-refractivity contribution < 1.29 is 0 Å². The van der Waals surface area contributed by atoms with E-state index in [0.29, 0.717) is 0 Å². The van der Waals surface area contributed by atoms with Crippen molar-refractivity contribution in [3.63, 3.8) is 0 Å². The van der Waals surface area contributed by atoms with Crippen molar-refractivity contribution in [2.45, 2.75) is 40.2 Å². The summed E-state index contributed by atoms with van der Waals surface area (Å²) in [4.78, 5) is 4.53. The quantitative estimate of drug-likeness (QED) is 0.859. The Morgan fingerprint density at radius 2 is 2.11 bits per heavy atom. The number of imidazole rings is 1. The highest BCUT2D eigenvalue weighted by atomic mass is 35.5. The van der Waals surface area contributed by atoms with Crippen molar-refractivity contribution in [3.8, 4) is 0 Å². The third-order valence-electron chi connectivity index (χ3n) is 3.11. The highest BCUT2D eigenvalue weighted by Gasteiger charge is 2.09. The van der Waals surface area contributed by atoms with Gasteiger partial charge in [0.05, 0.1) is 16.4 Å². The van der Waals surface area contributed by atoms with Gasteiger partial charge in [0.2, 0.25) is 5.95 Å². The van der Waals surface area contributed by atoms with Crippen molar-refractivity contribution in [2.24, 2.45) is 0 Å². The minimum Gasteiger partial charge on any atom is -0.324 e. The third-order valence-corrected chi connectivity index (χ3v) is 3.42. The zero-order valence-electron chi connectivity index (χ0n) is 11.7. The second-order valence-electron chi connectivity index (χ2n) is 4.81. The molecule has 0 atom stereocenters. The number of anilines is 2. The summed E-state index contributed by atoms with van der Waals surface area (Å²) in [6.45, 7) is 7.21. The van der Waals surface area contributed by atoms with E-state index in [4.69, 9.17) is 11.6 Å². The first kappa shape index (κ1) is 13.9.